The Morgan fingerprint density at radius 3 is 2.74 bits per heavy atom. The van der Waals surface area contributed by atoms with Crippen LogP contribution in [0.1, 0.15) is 29.6 Å². The maximum Gasteiger partial charge on any atom is 0.252 e. The smallest absolute Gasteiger partial charge is 0.252 e. The van der Waals surface area contributed by atoms with Crippen LogP contribution >= 0.6 is 31.9 Å². The largest absolute Gasteiger partial charge is 0.396 e. The lowest BCUT2D eigenvalue weighted by atomic mass is 9.97. The number of carbonyl (C=O) groups is 1. The Bertz CT molecular complexity index is 465. The van der Waals surface area contributed by atoms with Crippen molar-refractivity contribution in [2.75, 3.05) is 13.2 Å². The lowest BCUT2D eigenvalue weighted by molar-refractivity contribution is 0.0937. The van der Waals surface area contributed by atoms with E-state index in [1.165, 1.54) is 0 Å². The Kier molecular flexibility index (Phi) is 5.42. The molecule has 1 saturated carbocycles. The van der Waals surface area contributed by atoms with E-state index in [-0.39, 0.29) is 12.5 Å². The molecule has 0 radical (unpaired) electrons. The topological polar surface area (TPSA) is 49.3 Å². The highest BCUT2D eigenvalue weighted by molar-refractivity contribution is 9.11. The Labute approximate surface area is 130 Å². The molecule has 2 rings (SSSR count). The van der Waals surface area contributed by atoms with E-state index in [2.05, 4.69) is 37.2 Å². The molecule has 0 aliphatic heterocycles. The predicted molar refractivity (Wildman–Crippen MR) is 82.1 cm³/mol. The molecule has 2 atom stereocenters. The lowest BCUT2D eigenvalue weighted by Crippen LogP contribution is -2.31. The van der Waals surface area contributed by atoms with Gasteiger partial charge in [-0.15, -0.1) is 0 Å². The van der Waals surface area contributed by atoms with E-state index in [0.29, 0.717) is 23.9 Å². The van der Waals surface area contributed by atoms with Crippen LogP contribution in [-0.4, -0.2) is 24.2 Å². The molecular formula is C14H17Br2NO2. The van der Waals surface area contributed by atoms with Gasteiger partial charge in [0.1, 0.15) is 0 Å². The van der Waals surface area contributed by atoms with Crippen molar-refractivity contribution in [2.24, 2.45) is 11.8 Å². The average Bonchev–Trinajstić information content (AvgIpc) is 2.83. The highest BCUT2D eigenvalue weighted by Crippen LogP contribution is 2.30. The van der Waals surface area contributed by atoms with Gasteiger partial charge in [-0.25, -0.2) is 0 Å². The van der Waals surface area contributed by atoms with Crippen molar-refractivity contribution in [3.8, 4) is 0 Å². The van der Waals surface area contributed by atoms with Gasteiger partial charge in [0.05, 0.1) is 5.56 Å². The summed E-state index contributed by atoms with van der Waals surface area (Å²) in [6, 6.07) is 5.51. The fraction of sp³-hybridized carbons (Fsp3) is 0.500. The summed E-state index contributed by atoms with van der Waals surface area (Å²) in [7, 11) is 0. The average molecular weight is 391 g/mol. The number of aliphatic hydroxyl groups excluding tert-OH is 1. The van der Waals surface area contributed by atoms with Gasteiger partial charge >= 0.3 is 0 Å². The fourth-order valence-electron chi connectivity index (χ4n) is 2.62. The molecule has 0 saturated heterocycles. The molecule has 1 aromatic rings. The Hall–Kier alpha value is -0.390. The molecule has 3 nitrogen and oxygen atoms in total. The van der Waals surface area contributed by atoms with Crippen LogP contribution in [0.15, 0.2) is 27.1 Å². The molecule has 19 heavy (non-hydrogen) atoms. The van der Waals surface area contributed by atoms with Crippen molar-refractivity contribution in [1.82, 2.24) is 5.32 Å². The zero-order valence-electron chi connectivity index (χ0n) is 10.5. The monoisotopic (exact) mass is 389 g/mol. The van der Waals surface area contributed by atoms with Crippen molar-refractivity contribution >= 4 is 37.8 Å². The number of aliphatic hydroxyl groups is 1. The molecule has 104 valence electrons. The number of hydrogen-bond acceptors (Lipinski definition) is 2. The third-order valence-electron chi connectivity index (χ3n) is 3.75. The summed E-state index contributed by atoms with van der Waals surface area (Å²) < 4.78 is 1.72. The summed E-state index contributed by atoms with van der Waals surface area (Å²) in [5, 5.41) is 12.2. The SMILES string of the molecule is O=C(NCC1CCCC1CO)c1ccc(Br)cc1Br. The van der Waals surface area contributed by atoms with Crippen molar-refractivity contribution in [3.63, 3.8) is 0 Å². The minimum Gasteiger partial charge on any atom is -0.396 e. The molecule has 2 unspecified atom stereocenters. The van der Waals surface area contributed by atoms with Gasteiger partial charge in [0.2, 0.25) is 0 Å². The van der Waals surface area contributed by atoms with Gasteiger partial charge in [-0.05, 0) is 58.8 Å². The Morgan fingerprint density at radius 2 is 2.05 bits per heavy atom. The van der Waals surface area contributed by atoms with Crippen LogP contribution in [-0.2, 0) is 0 Å². The van der Waals surface area contributed by atoms with Crippen LogP contribution in [0.2, 0.25) is 0 Å². The number of halogens is 2. The molecular weight excluding hydrogens is 374 g/mol. The number of rotatable bonds is 4. The van der Waals surface area contributed by atoms with E-state index in [4.69, 9.17) is 0 Å². The molecule has 0 aromatic heterocycles. The second kappa shape index (κ2) is 6.86. The summed E-state index contributed by atoms with van der Waals surface area (Å²) in [5.41, 5.74) is 0.641. The summed E-state index contributed by atoms with van der Waals surface area (Å²) >= 11 is 6.76. The number of benzene rings is 1. The first-order valence-corrected chi connectivity index (χ1v) is 8.04. The van der Waals surface area contributed by atoms with E-state index >= 15 is 0 Å². The van der Waals surface area contributed by atoms with E-state index in [1.807, 2.05) is 12.1 Å². The molecule has 0 heterocycles. The molecule has 1 aromatic carbocycles. The molecule has 1 aliphatic carbocycles. The second-order valence-corrected chi connectivity index (χ2v) is 6.74. The minimum absolute atomic E-state index is 0.0667. The van der Waals surface area contributed by atoms with Gasteiger partial charge in [0.15, 0.2) is 0 Å². The maximum atomic E-state index is 12.1. The standard InChI is InChI=1S/C14H17Br2NO2/c15-11-4-5-12(13(16)6-11)14(19)17-7-9-2-1-3-10(9)8-18/h4-6,9-10,18H,1-3,7-8H2,(H,17,19). The van der Waals surface area contributed by atoms with Crippen molar-refractivity contribution in [1.29, 1.82) is 0 Å². The Balaban J connectivity index is 1.94. The first-order chi connectivity index (χ1) is 9.11. The predicted octanol–water partition coefficient (Wildman–Crippen LogP) is 3.35. The van der Waals surface area contributed by atoms with E-state index in [0.717, 1.165) is 28.2 Å². The van der Waals surface area contributed by atoms with E-state index in [1.54, 1.807) is 6.07 Å². The minimum atomic E-state index is -0.0667. The van der Waals surface area contributed by atoms with Crippen LogP contribution in [0.3, 0.4) is 0 Å². The van der Waals surface area contributed by atoms with Gasteiger partial charge in [0.25, 0.3) is 5.91 Å². The number of nitrogens with one attached hydrogen (secondary N) is 1. The molecule has 2 N–H and O–H groups in total. The molecule has 1 aliphatic rings. The Morgan fingerprint density at radius 1 is 1.32 bits per heavy atom. The summed E-state index contributed by atoms with van der Waals surface area (Å²) in [5.74, 6) is 0.680. The van der Waals surface area contributed by atoms with Crippen LogP contribution in [0.4, 0.5) is 0 Å². The number of carbonyl (C=O) groups excluding carboxylic acids is 1. The summed E-state index contributed by atoms with van der Waals surface area (Å²) in [4.78, 5) is 12.1. The van der Waals surface area contributed by atoms with E-state index < -0.39 is 0 Å². The fourth-order valence-corrected chi connectivity index (χ4v) is 3.84. The maximum absolute atomic E-state index is 12.1. The third-order valence-corrected chi connectivity index (χ3v) is 4.90. The zero-order chi connectivity index (χ0) is 13.8. The normalized spacial score (nSPS) is 22.5. The summed E-state index contributed by atoms with van der Waals surface area (Å²) in [6.07, 6.45) is 3.31. The molecule has 0 bridgehead atoms. The van der Waals surface area contributed by atoms with Crippen LogP contribution in [0.25, 0.3) is 0 Å². The molecule has 0 spiro atoms. The molecule has 1 amide bonds. The summed E-state index contributed by atoms with van der Waals surface area (Å²) in [6.45, 7) is 0.870. The highest BCUT2D eigenvalue weighted by Gasteiger charge is 2.26. The molecule has 1 fully saturated rings. The first kappa shape index (κ1) is 15.0. The highest BCUT2D eigenvalue weighted by atomic mass is 79.9. The van der Waals surface area contributed by atoms with Crippen molar-refractivity contribution in [3.05, 3.63) is 32.7 Å². The van der Waals surface area contributed by atoms with Crippen LogP contribution in [0, 0.1) is 11.8 Å². The quantitative estimate of drug-likeness (QED) is 0.828. The number of amides is 1. The van der Waals surface area contributed by atoms with Gasteiger partial charge in [-0.3, -0.25) is 4.79 Å². The second-order valence-electron chi connectivity index (χ2n) is 4.97. The van der Waals surface area contributed by atoms with Gasteiger partial charge < -0.3 is 10.4 Å². The van der Waals surface area contributed by atoms with Crippen molar-refractivity contribution in [2.45, 2.75) is 19.3 Å². The number of hydrogen-bond donors (Lipinski definition) is 2. The van der Waals surface area contributed by atoms with Crippen molar-refractivity contribution < 1.29 is 9.90 Å². The molecule has 5 heteroatoms. The van der Waals surface area contributed by atoms with Gasteiger partial charge in [0, 0.05) is 22.1 Å². The lowest BCUT2D eigenvalue weighted by Gasteiger charge is -2.18. The third kappa shape index (κ3) is 3.80. The van der Waals surface area contributed by atoms with Gasteiger partial charge in [-0.2, -0.15) is 0 Å². The first-order valence-electron chi connectivity index (χ1n) is 6.46. The van der Waals surface area contributed by atoms with E-state index in [9.17, 15) is 9.90 Å². The van der Waals surface area contributed by atoms with Crippen LogP contribution < -0.4 is 5.32 Å². The van der Waals surface area contributed by atoms with Gasteiger partial charge in [-0.1, -0.05) is 22.4 Å². The zero-order valence-corrected chi connectivity index (χ0v) is 13.7. The van der Waals surface area contributed by atoms with Crippen LogP contribution in [0.5, 0.6) is 0 Å².